The highest BCUT2D eigenvalue weighted by Gasteiger charge is 2.24. The lowest BCUT2D eigenvalue weighted by atomic mass is 10.1. The molecule has 1 atom stereocenters. The molecule has 2 rings (SSSR count). The maximum absolute atomic E-state index is 11.8. The summed E-state index contributed by atoms with van der Waals surface area (Å²) in [5.41, 5.74) is 1.02. The molecule has 5 nitrogen and oxygen atoms in total. The van der Waals surface area contributed by atoms with Gasteiger partial charge < -0.3 is 14.7 Å². The number of hydrogen-bond acceptors (Lipinski definition) is 3. The molecule has 0 spiro atoms. The number of benzene rings is 1. The summed E-state index contributed by atoms with van der Waals surface area (Å²) >= 11 is 0. The SMILES string of the molecule is O=C(O)/C=C/C(=O)N1CCOC(c2ccccc2)C1. The Bertz CT molecular complexity index is 483. The van der Waals surface area contributed by atoms with E-state index in [2.05, 4.69) is 0 Å². The summed E-state index contributed by atoms with van der Waals surface area (Å²) in [7, 11) is 0. The van der Waals surface area contributed by atoms with Gasteiger partial charge in [-0.05, 0) is 5.56 Å². The zero-order chi connectivity index (χ0) is 13.7. The number of carboxylic acid groups (broad SMARTS) is 1. The molecule has 1 aliphatic rings. The zero-order valence-corrected chi connectivity index (χ0v) is 10.4. The number of ether oxygens (including phenoxy) is 1. The van der Waals surface area contributed by atoms with Gasteiger partial charge in [-0.25, -0.2) is 4.79 Å². The van der Waals surface area contributed by atoms with E-state index < -0.39 is 5.97 Å². The molecule has 1 unspecified atom stereocenters. The second-order valence-electron chi connectivity index (χ2n) is 4.23. The van der Waals surface area contributed by atoms with Crippen molar-refractivity contribution in [2.75, 3.05) is 19.7 Å². The van der Waals surface area contributed by atoms with Gasteiger partial charge in [-0.3, -0.25) is 4.79 Å². The minimum Gasteiger partial charge on any atom is -0.478 e. The molecule has 0 radical (unpaired) electrons. The molecule has 0 bridgehead atoms. The van der Waals surface area contributed by atoms with E-state index in [4.69, 9.17) is 9.84 Å². The average Bonchev–Trinajstić information content (AvgIpc) is 2.46. The predicted molar refractivity (Wildman–Crippen MR) is 68.5 cm³/mol. The maximum Gasteiger partial charge on any atom is 0.328 e. The minimum absolute atomic E-state index is 0.155. The Balaban J connectivity index is 2.01. The van der Waals surface area contributed by atoms with Gasteiger partial charge in [0.1, 0.15) is 6.10 Å². The Hall–Kier alpha value is -2.14. The second kappa shape index (κ2) is 6.15. The van der Waals surface area contributed by atoms with Crippen molar-refractivity contribution < 1.29 is 19.4 Å². The largest absolute Gasteiger partial charge is 0.478 e. The quantitative estimate of drug-likeness (QED) is 0.831. The van der Waals surface area contributed by atoms with E-state index in [1.807, 2.05) is 30.3 Å². The molecule has 100 valence electrons. The van der Waals surface area contributed by atoms with Gasteiger partial charge in [0.25, 0.3) is 0 Å². The summed E-state index contributed by atoms with van der Waals surface area (Å²) < 4.78 is 5.64. The number of nitrogens with zero attached hydrogens (tertiary/aromatic N) is 1. The summed E-state index contributed by atoms with van der Waals surface area (Å²) in [5, 5.41) is 8.51. The van der Waals surface area contributed by atoms with E-state index in [0.717, 1.165) is 17.7 Å². The van der Waals surface area contributed by atoms with E-state index >= 15 is 0 Å². The molecule has 1 aromatic rings. The second-order valence-corrected chi connectivity index (χ2v) is 4.23. The molecule has 0 saturated carbocycles. The van der Waals surface area contributed by atoms with Crippen molar-refractivity contribution >= 4 is 11.9 Å². The van der Waals surface area contributed by atoms with E-state index in [-0.39, 0.29) is 12.0 Å². The highest BCUT2D eigenvalue weighted by molar-refractivity contribution is 5.93. The smallest absolute Gasteiger partial charge is 0.328 e. The Kier molecular flexibility index (Phi) is 4.30. The third-order valence-corrected chi connectivity index (χ3v) is 2.92. The number of carbonyl (C=O) groups is 2. The van der Waals surface area contributed by atoms with Crippen molar-refractivity contribution in [2.24, 2.45) is 0 Å². The predicted octanol–water partition coefficient (Wildman–Crippen LogP) is 1.23. The third-order valence-electron chi connectivity index (χ3n) is 2.92. The first kappa shape index (κ1) is 13.3. The van der Waals surface area contributed by atoms with Crippen LogP contribution in [0.4, 0.5) is 0 Å². The lowest BCUT2D eigenvalue weighted by Gasteiger charge is -2.32. The summed E-state index contributed by atoms with van der Waals surface area (Å²) in [4.78, 5) is 23.8. The van der Waals surface area contributed by atoms with Crippen molar-refractivity contribution in [3.05, 3.63) is 48.0 Å². The van der Waals surface area contributed by atoms with Gasteiger partial charge in [0.2, 0.25) is 5.91 Å². The van der Waals surface area contributed by atoms with Gasteiger partial charge in [0.15, 0.2) is 0 Å². The van der Waals surface area contributed by atoms with Crippen LogP contribution in [0.3, 0.4) is 0 Å². The molecule has 0 aliphatic carbocycles. The molecular formula is C14H15NO4. The lowest BCUT2D eigenvalue weighted by molar-refractivity contribution is -0.135. The normalized spacial score (nSPS) is 19.6. The van der Waals surface area contributed by atoms with E-state index in [9.17, 15) is 9.59 Å². The summed E-state index contributed by atoms with van der Waals surface area (Å²) in [6.07, 6.45) is 1.78. The van der Waals surface area contributed by atoms with Gasteiger partial charge in [-0.1, -0.05) is 30.3 Å². The van der Waals surface area contributed by atoms with Crippen molar-refractivity contribution in [3.63, 3.8) is 0 Å². The molecule has 19 heavy (non-hydrogen) atoms. The molecule has 5 heteroatoms. The molecule has 1 heterocycles. The van der Waals surface area contributed by atoms with Crippen molar-refractivity contribution in [3.8, 4) is 0 Å². The maximum atomic E-state index is 11.8. The Morgan fingerprint density at radius 1 is 1.26 bits per heavy atom. The zero-order valence-electron chi connectivity index (χ0n) is 10.4. The highest BCUT2D eigenvalue weighted by Crippen LogP contribution is 2.21. The van der Waals surface area contributed by atoms with Crippen LogP contribution in [0.25, 0.3) is 0 Å². The number of amides is 1. The topological polar surface area (TPSA) is 66.8 Å². The third kappa shape index (κ3) is 3.66. The van der Waals surface area contributed by atoms with Crippen molar-refractivity contribution in [1.29, 1.82) is 0 Å². The minimum atomic E-state index is -1.12. The van der Waals surface area contributed by atoms with E-state index in [1.54, 1.807) is 4.90 Å². The first-order valence-electron chi connectivity index (χ1n) is 6.03. The molecule has 1 saturated heterocycles. The Morgan fingerprint density at radius 3 is 2.68 bits per heavy atom. The number of carboxylic acids is 1. The fourth-order valence-corrected chi connectivity index (χ4v) is 1.97. The first-order chi connectivity index (χ1) is 9.16. The first-order valence-corrected chi connectivity index (χ1v) is 6.03. The molecular weight excluding hydrogens is 246 g/mol. The van der Waals surface area contributed by atoms with Crippen LogP contribution in [0.2, 0.25) is 0 Å². The monoisotopic (exact) mass is 261 g/mol. The number of aliphatic carboxylic acids is 1. The Labute approximate surface area is 111 Å². The van der Waals surface area contributed by atoms with Crippen molar-refractivity contribution in [2.45, 2.75) is 6.10 Å². The van der Waals surface area contributed by atoms with Crippen LogP contribution < -0.4 is 0 Å². The number of morpholine rings is 1. The highest BCUT2D eigenvalue weighted by atomic mass is 16.5. The summed E-state index contributed by atoms with van der Waals surface area (Å²) in [5.74, 6) is -1.42. The summed E-state index contributed by atoms with van der Waals surface area (Å²) in [6.45, 7) is 1.37. The molecule has 1 fully saturated rings. The molecule has 1 amide bonds. The van der Waals surface area contributed by atoms with Crippen LogP contribution in [-0.4, -0.2) is 41.6 Å². The van der Waals surface area contributed by atoms with Gasteiger partial charge in [-0.15, -0.1) is 0 Å². The van der Waals surface area contributed by atoms with Gasteiger partial charge in [0.05, 0.1) is 13.2 Å². The number of carbonyl (C=O) groups excluding carboxylic acids is 1. The lowest BCUT2D eigenvalue weighted by Crippen LogP contribution is -2.41. The fraction of sp³-hybridized carbons (Fsp3) is 0.286. The standard InChI is InChI=1S/C14H15NO4/c16-13(6-7-14(17)18)15-8-9-19-12(10-15)11-4-2-1-3-5-11/h1-7,12H,8-10H2,(H,17,18)/b7-6+. The van der Waals surface area contributed by atoms with Crippen LogP contribution in [0, 0.1) is 0 Å². The van der Waals surface area contributed by atoms with Gasteiger partial charge in [-0.2, -0.15) is 0 Å². The molecule has 1 aromatic carbocycles. The van der Waals surface area contributed by atoms with Crippen molar-refractivity contribution in [1.82, 2.24) is 4.90 Å². The van der Waals surface area contributed by atoms with E-state index in [1.165, 1.54) is 0 Å². The van der Waals surface area contributed by atoms with Crippen LogP contribution in [0.1, 0.15) is 11.7 Å². The van der Waals surface area contributed by atoms with E-state index in [0.29, 0.717) is 19.7 Å². The van der Waals surface area contributed by atoms with Crippen LogP contribution in [-0.2, 0) is 14.3 Å². The molecule has 1 aliphatic heterocycles. The fourth-order valence-electron chi connectivity index (χ4n) is 1.97. The van der Waals surface area contributed by atoms with Gasteiger partial charge in [0, 0.05) is 18.7 Å². The number of hydrogen-bond donors (Lipinski definition) is 1. The van der Waals surface area contributed by atoms with Crippen LogP contribution in [0.15, 0.2) is 42.5 Å². The van der Waals surface area contributed by atoms with Crippen LogP contribution >= 0.6 is 0 Å². The molecule has 1 N–H and O–H groups in total. The molecule has 0 aromatic heterocycles. The summed E-state index contributed by atoms with van der Waals surface area (Å²) in [6, 6.07) is 9.66. The Morgan fingerprint density at radius 2 is 2.00 bits per heavy atom. The number of rotatable bonds is 3. The van der Waals surface area contributed by atoms with Gasteiger partial charge >= 0.3 is 5.97 Å². The average molecular weight is 261 g/mol. The van der Waals surface area contributed by atoms with Crippen LogP contribution in [0.5, 0.6) is 0 Å².